The van der Waals surface area contributed by atoms with E-state index in [1.807, 2.05) is 24.3 Å². The fourth-order valence-electron chi connectivity index (χ4n) is 1.84. The number of nitrogen functional groups attached to an aromatic ring is 1. The number of methoxy groups -OCH3 is 1. The molecule has 2 aromatic rings. The van der Waals surface area contributed by atoms with Gasteiger partial charge in [-0.1, -0.05) is 24.3 Å². The average molecular weight is 286 g/mol. The van der Waals surface area contributed by atoms with Gasteiger partial charge >= 0.3 is 0 Å². The summed E-state index contributed by atoms with van der Waals surface area (Å²) in [7, 11) is 1.63. The summed E-state index contributed by atoms with van der Waals surface area (Å²) in [4.78, 5) is 11.8. The van der Waals surface area contributed by atoms with E-state index in [9.17, 15) is 4.79 Å². The molecule has 2 aromatic carbocycles. The van der Waals surface area contributed by atoms with Gasteiger partial charge in [0.25, 0.3) is 5.91 Å². The number of rotatable bonds is 6. The molecule has 0 fully saturated rings. The highest BCUT2D eigenvalue weighted by Gasteiger charge is 2.06. The Morgan fingerprint density at radius 1 is 1.19 bits per heavy atom. The van der Waals surface area contributed by atoms with Crippen LogP contribution in [0.2, 0.25) is 0 Å². The van der Waals surface area contributed by atoms with Crippen LogP contribution in [0, 0.1) is 0 Å². The van der Waals surface area contributed by atoms with Crippen molar-refractivity contribution >= 4 is 17.3 Å². The Morgan fingerprint density at radius 3 is 2.76 bits per heavy atom. The van der Waals surface area contributed by atoms with Gasteiger partial charge in [-0.05, 0) is 29.8 Å². The van der Waals surface area contributed by atoms with Crippen molar-refractivity contribution in [2.45, 2.75) is 6.61 Å². The number of anilines is 2. The third-order valence-corrected chi connectivity index (χ3v) is 2.81. The summed E-state index contributed by atoms with van der Waals surface area (Å²) in [6.07, 6.45) is 0. The lowest BCUT2D eigenvalue weighted by molar-refractivity contribution is -0.118. The first-order chi connectivity index (χ1) is 10.2. The first kappa shape index (κ1) is 14.9. The van der Waals surface area contributed by atoms with Gasteiger partial charge in [0, 0.05) is 7.11 Å². The summed E-state index contributed by atoms with van der Waals surface area (Å²) in [6.45, 7) is 0.425. The zero-order valence-electron chi connectivity index (χ0n) is 11.8. The molecule has 0 bridgehead atoms. The van der Waals surface area contributed by atoms with Crippen LogP contribution < -0.4 is 15.8 Å². The molecule has 5 nitrogen and oxygen atoms in total. The predicted molar refractivity (Wildman–Crippen MR) is 82.1 cm³/mol. The standard InChI is InChI=1S/C16H18N2O3/c1-20-10-12-5-4-6-13(9-12)21-11-16(19)18-15-8-3-2-7-14(15)17/h2-9H,10-11,17H2,1H3,(H,18,19). The second-order valence-electron chi connectivity index (χ2n) is 4.50. The van der Waals surface area contributed by atoms with Crippen LogP contribution in [0.25, 0.3) is 0 Å². The number of hydrogen-bond acceptors (Lipinski definition) is 4. The highest BCUT2D eigenvalue weighted by molar-refractivity contribution is 5.94. The van der Waals surface area contributed by atoms with Crippen molar-refractivity contribution in [3.05, 3.63) is 54.1 Å². The highest BCUT2D eigenvalue weighted by atomic mass is 16.5. The third-order valence-electron chi connectivity index (χ3n) is 2.81. The average Bonchev–Trinajstić information content (AvgIpc) is 2.48. The monoisotopic (exact) mass is 286 g/mol. The molecule has 0 heterocycles. The highest BCUT2D eigenvalue weighted by Crippen LogP contribution is 2.17. The molecule has 0 aromatic heterocycles. The maximum Gasteiger partial charge on any atom is 0.262 e. The second kappa shape index (κ2) is 7.31. The lowest BCUT2D eigenvalue weighted by atomic mass is 10.2. The lowest BCUT2D eigenvalue weighted by Gasteiger charge is -2.10. The smallest absolute Gasteiger partial charge is 0.262 e. The number of carbonyl (C=O) groups excluding carboxylic acids is 1. The molecule has 2 rings (SSSR count). The summed E-state index contributed by atoms with van der Waals surface area (Å²) in [6, 6.07) is 14.5. The molecule has 0 saturated carbocycles. The van der Waals surface area contributed by atoms with Crippen LogP contribution in [-0.2, 0) is 16.1 Å². The zero-order valence-corrected chi connectivity index (χ0v) is 11.8. The molecule has 0 aliphatic rings. The lowest BCUT2D eigenvalue weighted by Crippen LogP contribution is -2.20. The minimum absolute atomic E-state index is 0.0786. The number of nitrogens with two attached hydrogens (primary N) is 1. The zero-order chi connectivity index (χ0) is 15.1. The van der Waals surface area contributed by atoms with Gasteiger partial charge in [-0.15, -0.1) is 0 Å². The minimum atomic E-state index is -0.259. The normalized spacial score (nSPS) is 10.1. The first-order valence-electron chi connectivity index (χ1n) is 6.54. The number of ether oxygens (including phenoxy) is 2. The maximum absolute atomic E-state index is 11.8. The molecule has 110 valence electrons. The number of para-hydroxylation sites is 2. The Labute approximate surface area is 123 Å². The SMILES string of the molecule is COCc1cccc(OCC(=O)Nc2ccccc2N)c1. The van der Waals surface area contributed by atoms with Gasteiger partial charge in [0.1, 0.15) is 5.75 Å². The third kappa shape index (κ3) is 4.50. The van der Waals surface area contributed by atoms with Crippen LogP contribution >= 0.6 is 0 Å². The van der Waals surface area contributed by atoms with Gasteiger partial charge in [0.15, 0.2) is 6.61 Å². The number of benzene rings is 2. The van der Waals surface area contributed by atoms with E-state index in [1.165, 1.54) is 0 Å². The van der Waals surface area contributed by atoms with Crippen molar-refractivity contribution in [3.8, 4) is 5.75 Å². The van der Waals surface area contributed by atoms with Crippen molar-refractivity contribution in [1.29, 1.82) is 0 Å². The summed E-state index contributed by atoms with van der Waals surface area (Å²) < 4.78 is 10.5. The van der Waals surface area contributed by atoms with E-state index in [0.29, 0.717) is 23.7 Å². The molecule has 21 heavy (non-hydrogen) atoms. The van der Waals surface area contributed by atoms with E-state index in [0.717, 1.165) is 5.56 Å². The molecule has 0 spiro atoms. The van der Waals surface area contributed by atoms with Crippen molar-refractivity contribution in [2.24, 2.45) is 0 Å². The summed E-state index contributed by atoms with van der Waals surface area (Å²) >= 11 is 0. The molecule has 1 amide bonds. The van der Waals surface area contributed by atoms with Crippen LogP contribution in [0.4, 0.5) is 11.4 Å². The molecule has 3 N–H and O–H groups in total. The minimum Gasteiger partial charge on any atom is -0.484 e. The van der Waals surface area contributed by atoms with Gasteiger partial charge in [0.05, 0.1) is 18.0 Å². The Balaban J connectivity index is 1.89. The Hall–Kier alpha value is -2.53. The second-order valence-corrected chi connectivity index (χ2v) is 4.50. The molecule has 0 saturated heterocycles. The van der Waals surface area contributed by atoms with E-state index < -0.39 is 0 Å². The van der Waals surface area contributed by atoms with Crippen molar-refractivity contribution in [1.82, 2.24) is 0 Å². The van der Waals surface area contributed by atoms with Crippen LogP contribution in [0.3, 0.4) is 0 Å². The summed E-state index contributed by atoms with van der Waals surface area (Å²) in [5.41, 5.74) is 7.85. The molecule has 0 unspecified atom stereocenters. The number of hydrogen-bond donors (Lipinski definition) is 2. The molecule has 0 radical (unpaired) electrons. The maximum atomic E-state index is 11.8. The number of carbonyl (C=O) groups is 1. The first-order valence-corrected chi connectivity index (χ1v) is 6.54. The summed E-state index contributed by atoms with van der Waals surface area (Å²) in [5, 5.41) is 2.71. The van der Waals surface area contributed by atoms with Gasteiger partial charge in [-0.2, -0.15) is 0 Å². The molecule has 0 aliphatic heterocycles. The van der Waals surface area contributed by atoms with Crippen LogP contribution in [0.5, 0.6) is 5.75 Å². The van der Waals surface area contributed by atoms with Crippen molar-refractivity contribution in [3.63, 3.8) is 0 Å². The van der Waals surface area contributed by atoms with Crippen molar-refractivity contribution < 1.29 is 14.3 Å². The van der Waals surface area contributed by atoms with Crippen molar-refractivity contribution in [2.75, 3.05) is 24.8 Å². The quantitative estimate of drug-likeness (QED) is 0.800. The Morgan fingerprint density at radius 2 is 2.00 bits per heavy atom. The van der Waals surface area contributed by atoms with E-state index in [-0.39, 0.29) is 12.5 Å². The molecular weight excluding hydrogens is 268 g/mol. The molecule has 5 heteroatoms. The van der Waals surface area contributed by atoms with E-state index in [4.69, 9.17) is 15.2 Å². The van der Waals surface area contributed by atoms with Crippen LogP contribution in [0.15, 0.2) is 48.5 Å². The van der Waals surface area contributed by atoms with E-state index in [2.05, 4.69) is 5.32 Å². The Kier molecular flexibility index (Phi) is 5.17. The molecule has 0 aliphatic carbocycles. The van der Waals surface area contributed by atoms with Crippen LogP contribution in [0.1, 0.15) is 5.56 Å². The largest absolute Gasteiger partial charge is 0.484 e. The number of amides is 1. The van der Waals surface area contributed by atoms with E-state index >= 15 is 0 Å². The topological polar surface area (TPSA) is 73.6 Å². The van der Waals surface area contributed by atoms with Gasteiger partial charge < -0.3 is 20.5 Å². The number of nitrogens with one attached hydrogen (secondary N) is 1. The van der Waals surface area contributed by atoms with Crippen LogP contribution in [-0.4, -0.2) is 19.6 Å². The van der Waals surface area contributed by atoms with Gasteiger partial charge in [-0.3, -0.25) is 4.79 Å². The predicted octanol–water partition coefficient (Wildman–Crippen LogP) is 2.43. The fourth-order valence-corrected chi connectivity index (χ4v) is 1.84. The summed E-state index contributed by atoms with van der Waals surface area (Å²) in [5.74, 6) is 0.366. The molecule has 0 atom stereocenters. The molecular formula is C16H18N2O3. The van der Waals surface area contributed by atoms with Gasteiger partial charge in [0.2, 0.25) is 0 Å². The van der Waals surface area contributed by atoms with Gasteiger partial charge in [-0.25, -0.2) is 0 Å². The van der Waals surface area contributed by atoms with E-state index in [1.54, 1.807) is 31.4 Å². The Bertz CT molecular complexity index is 614. The fraction of sp³-hybridized carbons (Fsp3) is 0.188.